The average molecular weight is 209 g/mol. The monoisotopic (exact) mass is 209 g/mol. The molecule has 3 nitrogen and oxygen atoms in total. The summed E-state index contributed by atoms with van der Waals surface area (Å²) in [6, 6.07) is 0. The molecular weight excluding hydrogens is 190 g/mol. The lowest BCUT2D eigenvalue weighted by molar-refractivity contribution is 0.0519. The lowest BCUT2D eigenvalue weighted by Gasteiger charge is -2.01. The molecule has 0 radical (unpaired) electrons. The van der Waals surface area contributed by atoms with Gasteiger partial charge >= 0.3 is 5.97 Å². The zero-order valence-electron chi connectivity index (χ0n) is 9.72. The van der Waals surface area contributed by atoms with Crippen LogP contribution in [0.2, 0.25) is 0 Å². The highest BCUT2D eigenvalue weighted by molar-refractivity contribution is 5.89. The van der Waals surface area contributed by atoms with E-state index in [2.05, 4.69) is 11.9 Å². The Balaban J connectivity index is 2.74. The number of aryl methyl sites for hydroxylation is 1. The van der Waals surface area contributed by atoms with Crippen LogP contribution in [0.15, 0.2) is 6.20 Å². The molecule has 0 aromatic carbocycles. The minimum Gasteiger partial charge on any atom is -0.461 e. The number of rotatable bonds is 5. The van der Waals surface area contributed by atoms with Crippen molar-refractivity contribution in [2.24, 2.45) is 0 Å². The first-order chi connectivity index (χ1) is 7.20. The molecule has 0 saturated carbocycles. The van der Waals surface area contributed by atoms with Crippen molar-refractivity contribution >= 4 is 5.97 Å². The van der Waals surface area contributed by atoms with Gasteiger partial charge in [-0.15, -0.1) is 0 Å². The van der Waals surface area contributed by atoms with Gasteiger partial charge in [-0.1, -0.05) is 13.3 Å². The lowest BCUT2D eigenvalue weighted by atomic mass is 10.1. The summed E-state index contributed by atoms with van der Waals surface area (Å²) in [5.74, 6) is -0.252. The van der Waals surface area contributed by atoms with Crippen LogP contribution in [0.25, 0.3) is 0 Å². The van der Waals surface area contributed by atoms with Crippen molar-refractivity contribution in [3.8, 4) is 0 Å². The molecule has 0 unspecified atom stereocenters. The number of esters is 1. The first-order valence-corrected chi connectivity index (χ1v) is 5.54. The maximum Gasteiger partial charge on any atom is 0.355 e. The summed E-state index contributed by atoms with van der Waals surface area (Å²) in [4.78, 5) is 14.5. The van der Waals surface area contributed by atoms with E-state index in [-0.39, 0.29) is 5.97 Å². The molecule has 0 aliphatic rings. The van der Waals surface area contributed by atoms with Crippen LogP contribution in [0.5, 0.6) is 0 Å². The van der Waals surface area contributed by atoms with E-state index in [0.29, 0.717) is 12.3 Å². The number of carbonyl (C=O) groups excluding carboxylic acids is 1. The second-order valence-electron chi connectivity index (χ2n) is 3.64. The molecule has 1 heterocycles. The first-order valence-electron chi connectivity index (χ1n) is 5.54. The standard InChI is InChI=1S/C12H19NO2/c1-4-6-7-10-8-13-11(9(10)3)12(14)15-5-2/h8,13H,4-7H2,1-3H3. The molecule has 3 heteroatoms. The molecule has 15 heavy (non-hydrogen) atoms. The molecule has 0 bridgehead atoms. The minimum absolute atomic E-state index is 0.252. The summed E-state index contributed by atoms with van der Waals surface area (Å²) in [7, 11) is 0. The third kappa shape index (κ3) is 2.85. The van der Waals surface area contributed by atoms with Gasteiger partial charge in [0.15, 0.2) is 0 Å². The second-order valence-corrected chi connectivity index (χ2v) is 3.64. The first kappa shape index (κ1) is 11.8. The van der Waals surface area contributed by atoms with E-state index >= 15 is 0 Å². The topological polar surface area (TPSA) is 42.1 Å². The zero-order valence-corrected chi connectivity index (χ0v) is 9.72. The lowest BCUT2D eigenvalue weighted by Crippen LogP contribution is -2.06. The maximum absolute atomic E-state index is 11.5. The number of carbonyl (C=O) groups is 1. The van der Waals surface area contributed by atoms with Gasteiger partial charge < -0.3 is 9.72 Å². The smallest absolute Gasteiger partial charge is 0.355 e. The molecule has 1 N–H and O–H groups in total. The van der Waals surface area contributed by atoms with Crippen molar-refractivity contribution in [2.45, 2.75) is 40.0 Å². The Hall–Kier alpha value is -1.25. The van der Waals surface area contributed by atoms with Crippen molar-refractivity contribution < 1.29 is 9.53 Å². The predicted molar refractivity (Wildman–Crippen MR) is 60.1 cm³/mol. The molecule has 0 spiro atoms. The van der Waals surface area contributed by atoms with Gasteiger partial charge in [0.25, 0.3) is 0 Å². The number of nitrogens with one attached hydrogen (secondary N) is 1. The van der Waals surface area contributed by atoms with Gasteiger partial charge in [0, 0.05) is 6.20 Å². The Labute approximate surface area is 90.8 Å². The third-order valence-corrected chi connectivity index (χ3v) is 2.53. The third-order valence-electron chi connectivity index (χ3n) is 2.53. The number of hydrogen-bond acceptors (Lipinski definition) is 2. The summed E-state index contributed by atoms with van der Waals surface area (Å²) < 4.78 is 4.96. The molecule has 0 aliphatic carbocycles. The fraction of sp³-hybridized carbons (Fsp3) is 0.583. The number of ether oxygens (including phenoxy) is 1. The number of aromatic nitrogens is 1. The molecule has 0 fully saturated rings. The van der Waals surface area contributed by atoms with Gasteiger partial charge in [-0.25, -0.2) is 4.79 Å². The highest BCUT2D eigenvalue weighted by Gasteiger charge is 2.14. The van der Waals surface area contributed by atoms with E-state index in [0.717, 1.165) is 18.4 Å². The molecule has 1 aromatic heterocycles. The molecule has 0 atom stereocenters. The number of hydrogen-bond donors (Lipinski definition) is 1. The molecule has 1 rings (SSSR count). The van der Waals surface area contributed by atoms with Crippen LogP contribution in [-0.4, -0.2) is 17.6 Å². The molecule has 84 valence electrons. The van der Waals surface area contributed by atoms with Crippen molar-refractivity contribution in [1.82, 2.24) is 4.98 Å². The molecule has 0 saturated heterocycles. The SMILES string of the molecule is CCCCc1c[nH]c(C(=O)OCC)c1C. The molecule has 0 amide bonds. The van der Waals surface area contributed by atoms with E-state index in [4.69, 9.17) is 4.74 Å². The largest absolute Gasteiger partial charge is 0.461 e. The van der Waals surface area contributed by atoms with Crippen LogP contribution in [0.1, 0.15) is 48.3 Å². The van der Waals surface area contributed by atoms with Gasteiger partial charge in [0.1, 0.15) is 5.69 Å². The molecule has 1 aromatic rings. The predicted octanol–water partition coefficient (Wildman–Crippen LogP) is 2.84. The Bertz CT molecular complexity index is 328. The van der Waals surface area contributed by atoms with Crippen LogP contribution in [0, 0.1) is 6.92 Å². The summed E-state index contributed by atoms with van der Waals surface area (Å²) in [6.45, 7) is 6.36. The number of aromatic amines is 1. The minimum atomic E-state index is -0.252. The Morgan fingerprint density at radius 3 is 2.80 bits per heavy atom. The van der Waals surface area contributed by atoms with Crippen molar-refractivity contribution in [2.75, 3.05) is 6.61 Å². The van der Waals surface area contributed by atoms with E-state index in [9.17, 15) is 4.79 Å². The molecule has 0 aliphatic heterocycles. The Kier molecular flexibility index (Phi) is 4.40. The average Bonchev–Trinajstić information content (AvgIpc) is 2.57. The van der Waals surface area contributed by atoms with Crippen molar-refractivity contribution in [3.63, 3.8) is 0 Å². The summed E-state index contributed by atoms with van der Waals surface area (Å²) in [5.41, 5.74) is 2.85. The molecular formula is C12H19NO2. The maximum atomic E-state index is 11.5. The summed E-state index contributed by atoms with van der Waals surface area (Å²) >= 11 is 0. The van der Waals surface area contributed by atoms with Crippen LogP contribution in [-0.2, 0) is 11.2 Å². The Morgan fingerprint density at radius 1 is 1.47 bits per heavy atom. The summed E-state index contributed by atoms with van der Waals surface area (Å²) in [6.07, 6.45) is 5.26. The van der Waals surface area contributed by atoms with Crippen LogP contribution >= 0.6 is 0 Å². The quantitative estimate of drug-likeness (QED) is 0.758. The zero-order chi connectivity index (χ0) is 11.3. The van der Waals surface area contributed by atoms with Gasteiger partial charge in [-0.05, 0) is 37.8 Å². The van der Waals surface area contributed by atoms with Gasteiger partial charge in [0.05, 0.1) is 6.61 Å². The fourth-order valence-electron chi connectivity index (χ4n) is 1.58. The highest BCUT2D eigenvalue weighted by Crippen LogP contribution is 2.16. The van der Waals surface area contributed by atoms with E-state index in [1.54, 1.807) is 0 Å². The van der Waals surface area contributed by atoms with Crippen molar-refractivity contribution in [1.29, 1.82) is 0 Å². The van der Waals surface area contributed by atoms with Gasteiger partial charge in [-0.3, -0.25) is 0 Å². The summed E-state index contributed by atoms with van der Waals surface area (Å²) in [5, 5.41) is 0. The van der Waals surface area contributed by atoms with E-state index < -0.39 is 0 Å². The van der Waals surface area contributed by atoms with E-state index in [1.807, 2.05) is 20.0 Å². The Morgan fingerprint density at radius 2 is 2.20 bits per heavy atom. The van der Waals surface area contributed by atoms with Crippen molar-refractivity contribution in [3.05, 3.63) is 23.0 Å². The van der Waals surface area contributed by atoms with Gasteiger partial charge in [-0.2, -0.15) is 0 Å². The number of unbranched alkanes of at least 4 members (excludes halogenated alkanes) is 1. The number of H-pyrrole nitrogens is 1. The second kappa shape index (κ2) is 5.59. The van der Waals surface area contributed by atoms with Crippen LogP contribution < -0.4 is 0 Å². The van der Waals surface area contributed by atoms with E-state index in [1.165, 1.54) is 12.0 Å². The van der Waals surface area contributed by atoms with Crippen LogP contribution in [0.3, 0.4) is 0 Å². The van der Waals surface area contributed by atoms with Crippen LogP contribution in [0.4, 0.5) is 0 Å². The van der Waals surface area contributed by atoms with Gasteiger partial charge in [0.2, 0.25) is 0 Å². The highest BCUT2D eigenvalue weighted by atomic mass is 16.5. The fourth-order valence-corrected chi connectivity index (χ4v) is 1.58. The normalized spacial score (nSPS) is 10.3.